The molecular formula is C18H28ClNO. The molecule has 1 aliphatic rings. The van der Waals surface area contributed by atoms with E-state index in [4.69, 9.17) is 16.3 Å². The SMILES string of the molecule is CCNCC(OC1CC(C)CC(C)C1)c1cccc(Cl)c1. The third kappa shape index (κ3) is 5.28. The molecule has 0 heterocycles. The van der Waals surface area contributed by atoms with Crippen molar-refractivity contribution in [3.05, 3.63) is 34.9 Å². The van der Waals surface area contributed by atoms with Crippen LogP contribution in [0.4, 0.5) is 0 Å². The van der Waals surface area contributed by atoms with Crippen molar-refractivity contribution in [1.29, 1.82) is 0 Å². The zero-order valence-electron chi connectivity index (χ0n) is 13.4. The zero-order chi connectivity index (χ0) is 15.2. The molecule has 1 aromatic rings. The standard InChI is InChI=1S/C18H28ClNO/c1-4-20-12-18(15-6-5-7-16(19)11-15)21-17-9-13(2)8-14(3)10-17/h5-7,11,13-14,17-18,20H,4,8-10,12H2,1-3H3. The van der Waals surface area contributed by atoms with Crippen LogP contribution >= 0.6 is 11.6 Å². The fourth-order valence-corrected chi connectivity index (χ4v) is 3.64. The van der Waals surface area contributed by atoms with Crippen molar-refractivity contribution in [2.45, 2.75) is 52.2 Å². The van der Waals surface area contributed by atoms with Crippen LogP contribution in [0.2, 0.25) is 5.02 Å². The number of halogens is 1. The zero-order valence-corrected chi connectivity index (χ0v) is 14.2. The van der Waals surface area contributed by atoms with Crippen LogP contribution in [0.25, 0.3) is 0 Å². The van der Waals surface area contributed by atoms with Crippen molar-refractivity contribution >= 4 is 11.6 Å². The van der Waals surface area contributed by atoms with Crippen LogP contribution in [0.1, 0.15) is 51.7 Å². The largest absolute Gasteiger partial charge is 0.369 e. The van der Waals surface area contributed by atoms with Crippen LogP contribution in [-0.4, -0.2) is 19.2 Å². The van der Waals surface area contributed by atoms with E-state index in [0.29, 0.717) is 6.10 Å². The number of hydrogen-bond acceptors (Lipinski definition) is 2. The summed E-state index contributed by atoms with van der Waals surface area (Å²) >= 11 is 6.14. The number of rotatable bonds is 6. The summed E-state index contributed by atoms with van der Waals surface area (Å²) in [5, 5.41) is 4.19. The molecule has 3 atom stereocenters. The molecule has 0 saturated heterocycles. The Kier molecular flexibility index (Phi) is 6.53. The van der Waals surface area contributed by atoms with Gasteiger partial charge in [0.2, 0.25) is 0 Å². The molecular weight excluding hydrogens is 282 g/mol. The van der Waals surface area contributed by atoms with Gasteiger partial charge in [0.1, 0.15) is 0 Å². The second-order valence-corrected chi connectivity index (χ2v) is 6.96. The van der Waals surface area contributed by atoms with E-state index in [0.717, 1.165) is 29.9 Å². The Balaban J connectivity index is 2.05. The van der Waals surface area contributed by atoms with Gasteiger partial charge in [-0.2, -0.15) is 0 Å². The number of ether oxygens (including phenoxy) is 1. The second-order valence-electron chi connectivity index (χ2n) is 6.53. The Labute approximate surface area is 134 Å². The Morgan fingerprint density at radius 1 is 1.24 bits per heavy atom. The lowest BCUT2D eigenvalue weighted by Gasteiger charge is -2.34. The smallest absolute Gasteiger partial charge is 0.0953 e. The second kappa shape index (κ2) is 8.17. The van der Waals surface area contributed by atoms with Crippen molar-refractivity contribution in [2.75, 3.05) is 13.1 Å². The monoisotopic (exact) mass is 309 g/mol. The predicted molar refractivity (Wildman–Crippen MR) is 89.8 cm³/mol. The van der Waals surface area contributed by atoms with Gasteiger partial charge in [-0.3, -0.25) is 0 Å². The van der Waals surface area contributed by atoms with Gasteiger partial charge in [0.05, 0.1) is 12.2 Å². The lowest BCUT2D eigenvalue weighted by Crippen LogP contribution is -2.31. The van der Waals surface area contributed by atoms with E-state index in [1.807, 2.05) is 18.2 Å². The Morgan fingerprint density at radius 2 is 1.95 bits per heavy atom. The van der Waals surface area contributed by atoms with Gasteiger partial charge in [-0.1, -0.05) is 44.5 Å². The van der Waals surface area contributed by atoms with Gasteiger partial charge >= 0.3 is 0 Å². The minimum atomic E-state index is 0.0890. The number of benzene rings is 1. The minimum Gasteiger partial charge on any atom is -0.369 e. The first kappa shape index (κ1) is 16.8. The van der Waals surface area contributed by atoms with E-state index in [2.05, 4.69) is 32.2 Å². The third-order valence-corrected chi connectivity index (χ3v) is 4.53. The first-order valence-corrected chi connectivity index (χ1v) is 8.58. The van der Waals surface area contributed by atoms with Crippen LogP contribution < -0.4 is 5.32 Å². The van der Waals surface area contributed by atoms with Gasteiger partial charge in [-0.25, -0.2) is 0 Å². The van der Waals surface area contributed by atoms with Crippen molar-refractivity contribution in [1.82, 2.24) is 5.32 Å². The molecule has 1 aliphatic carbocycles. The lowest BCUT2D eigenvalue weighted by molar-refractivity contribution is -0.0495. The maximum Gasteiger partial charge on any atom is 0.0953 e. The van der Waals surface area contributed by atoms with E-state index < -0.39 is 0 Å². The van der Waals surface area contributed by atoms with Gasteiger partial charge in [-0.15, -0.1) is 0 Å². The van der Waals surface area contributed by atoms with Crippen LogP contribution in [-0.2, 0) is 4.74 Å². The topological polar surface area (TPSA) is 21.3 Å². The summed E-state index contributed by atoms with van der Waals surface area (Å²) in [6, 6.07) is 8.06. The Morgan fingerprint density at radius 3 is 2.57 bits per heavy atom. The highest BCUT2D eigenvalue weighted by atomic mass is 35.5. The summed E-state index contributed by atoms with van der Waals surface area (Å²) in [5.41, 5.74) is 1.18. The quantitative estimate of drug-likeness (QED) is 0.812. The third-order valence-electron chi connectivity index (χ3n) is 4.29. The average molecular weight is 310 g/mol. The van der Waals surface area contributed by atoms with Crippen LogP contribution in [0.5, 0.6) is 0 Å². The van der Waals surface area contributed by atoms with Gasteiger partial charge in [0.15, 0.2) is 0 Å². The lowest BCUT2D eigenvalue weighted by atomic mass is 9.81. The van der Waals surface area contributed by atoms with Gasteiger partial charge < -0.3 is 10.1 Å². The highest BCUT2D eigenvalue weighted by molar-refractivity contribution is 6.30. The molecule has 0 radical (unpaired) electrons. The molecule has 1 fully saturated rings. The van der Waals surface area contributed by atoms with E-state index in [1.54, 1.807) is 0 Å². The molecule has 3 heteroatoms. The molecule has 1 saturated carbocycles. The minimum absolute atomic E-state index is 0.0890. The summed E-state index contributed by atoms with van der Waals surface area (Å²) < 4.78 is 6.45. The van der Waals surface area contributed by atoms with E-state index in [-0.39, 0.29) is 6.10 Å². The predicted octanol–water partition coefficient (Wildman–Crippen LogP) is 4.83. The van der Waals surface area contributed by atoms with Crippen LogP contribution in [0.15, 0.2) is 24.3 Å². The van der Waals surface area contributed by atoms with Crippen LogP contribution in [0, 0.1) is 11.8 Å². The fourth-order valence-electron chi connectivity index (χ4n) is 3.44. The van der Waals surface area contributed by atoms with Gasteiger partial charge in [0.25, 0.3) is 0 Å². The molecule has 1 N–H and O–H groups in total. The summed E-state index contributed by atoms with van der Waals surface area (Å²) in [6.45, 7) is 8.60. The maximum absolute atomic E-state index is 6.45. The molecule has 0 amide bonds. The van der Waals surface area contributed by atoms with Crippen molar-refractivity contribution < 1.29 is 4.74 Å². The van der Waals surface area contributed by atoms with E-state index in [1.165, 1.54) is 24.8 Å². The normalized spacial score (nSPS) is 27.5. The first-order valence-electron chi connectivity index (χ1n) is 8.20. The van der Waals surface area contributed by atoms with E-state index in [9.17, 15) is 0 Å². The average Bonchev–Trinajstić information content (AvgIpc) is 2.42. The molecule has 118 valence electrons. The molecule has 0 spiro atoms. The Bertz CT molecular complexity index is 427. The maximum atomic E-state index is 6.45. The molecule has 2 nitrogen and oxygen atoms in total. The number of hydrogen-bond donors (Lipinski definition) is 1. The molecule has 2 rings (SSSR count). The van der Waals surface area contributed by atoms with E-state index >= 15 is 0 Å². The summed E-state index contributed by atoms with van der Waals surface area (Å²) in [4.78, 5) is 0. The van der Waals surface area contributed by atoms with Crippen molar-refractivity contribution in [2.24, 2.45) is 11.8 Å². The molecule has 0 bridgehead atoms. The van der Waals surface area contributed by atoms with Gasteiger partial charge in [-0.05, 0) is 55.3 Å². The summed E-state index contributed by atoms with van der Waals surface area (Å²) in [7, 11) is 0. The highest BCUT2D eigenvalue weighted by Crippen LogP contribution is 2.33. The summed E-state index contributed by atoms with van der Waals surface area (Å²) in [6.07, 6.45) is 4.13. The summed E-state index contributed by atoms with van der Waals surface area (Å²) in [5.74, 6) is 1.52. The fraction of sp³-hybridized carbons (Fsp3) is 0.667. The molecule has 3 unspecified atom stereocenters. The highest BCUT2D eigenvalue weighted by Gasteiger charge is 2.27. The number of nitrogens with one attached hydrogen (secondary N) is 1. The van der Waals surface area contributed by atoms with Crippen molar-refractivity contribution in [3.63, 3.8) is 0 Å². The molecule has 0 aromatic heterocycles. The van der Waals surface area contributed by atoms with Gasteiger partial charge in [0, 0.05) is 11.6 Å². The van der Waals surface area contributed by atoms with Crippen molar-refractivity contribution in [3.8, 4) is 0 Å². The molecule has 1 aromatic carbocycles. The molecule has 21 heavy (non-hydrogen) atoms. The Hall–Kier alpha value is -0.570. The molecule has 0 aliphatic heterocycles. The number of likely N-dealkylation sites (N-methyl/N-ethyl adjacent to an activating group) is 1. The van der Waals surface area contributed by atoms with Crippen LogP contribution in [0.3, 0.4) is 0 Å². The first-order chi connectivity index (χ1) is 10.1.